The van der Waals surface area contributed by atoms with E-state index in [1.54, 1.807) is 6.92 Å². The van der Waals surface area contributed by atoms with E-state index in [2.05, 4.69) is 5.32 Å². The highest BCUT2D eigenvalue weighted by Crippen LogP contribution is 2.26. The van der Waals surface area contributed by atoms with Crippen LogP contribution in [0.3, 0.4) is 0 Å². The first kappa shape index (κ1) is 17.3. The third kappa shape index (κ3) is 6.04. The molecule has 0 aliphatic carbocycles. The van der Waals surface area contributed by atoms with Crippen molar-refractivity contribution in [3.8, 4) is 11.5 Å². The Bertz CT molecular complexity index is 422. The van der Waals surface area contributed by atoms with Gasteiger partial charge in [0.15, 0.2) is 11.5 Å². The lowest BCUT2D eigenvalue weighted by molar-refractivity contribution is -0.146. The van der Waals surface area contributed by atoms with Crippen LogP contribution in [0.5, 0.6) is 11.5 Å². The lowest BCUT2D eigenvalue weighted by Gasteiger charge is -2.18. The number of benzene rings is 1. The third-order valence-corrected chi connectivity index (χ3v) is 2.74. The number of para-hydroxylation sites is 2. The Balaban J connectivity index is 2.64. The molecule has 0 aliphatic heterocycles. The first-order valence-corrected chi connectivity index (χ1v) is 7.47. The lowest BCUT2D eigenvalue weighted by atomic mass is 10.3. The number of ether oxygens (including phenoxy) is 3. The monoisotopic (exact) mass is 295 g/mol. The molecule has 0 aliphatic rings. The summed E-state index contributed by atoms with van der Waals surface area (Å²) in [5.74, 6) is 1.03. The number of carbonyl (C=O) groups is 1. The third-order valence-electron chi connectivity index (χ3n) is 2.74. The van der Waals surface area contributed by atoms with Crippen molar-refractivity contribution in [2.75, 3.05) is 26.4 Å². The predicted molar refractivity (Wildman–Crippen MR) is 81.8 cm³/mol. The van der Waals surface area contributed by atoms with Gasteiger partial charge >= 0.3 is 5.97 Å². The molecule has 21 heavy (non-hydrogen) atoms. The summed E-state index contributed by atoms with van der Waals surface area (Å²) in [6.07, 6.45) is 0.928. The van der Waals surface area contributed by atoms with E-state index in [0.29, 0.717) is 31.3 Å². The highest BCUT2D eigenvalue weighted by Gasteiger charge is 2.20. The molecule has 118 valence electrons. The molecule has 0 amide bonds. The molecule has 0 saturated carbocycles. The zero-order valence-electron chi connectivity index (χ0n) is 13.1. The van der Waals surface area contributed by atoms with Crippen LogP contribution in [-0.2, 0) is 9.53 Å². The molecule has 0 radical (unpaired) electrons. The fourth-order valence-corrected chi connectivity index (χ4v) is 1.77. The number of carbonyl (C=O) groups excluding carboxylic acids is 1. The fraction of sp³-hybridized carbons (Fsp3) is 0.562. The highest BCUT2D eigenvalue weighted by molar-refractivity contribution is 5.76. The van der Waals surface area contributed by atoms with Gasteiger partial charge in [-0.25, -0.2) is 0 Å². The summed E-state index contributed by atoms with van der Waals surface area (Å²) in [6.45, 7) is 7.64. The molecule has 0 fully saturated rings. The molecule has 1 aromatic rings. The number of rotatable bonds is 10. The summed E-state index contributed by atoms with van der Waals surface area (Å²) >= 11 is 0. The molecule has 1 rings (SSSR count). The van der Waals surface area contributed by atoms with Gasteiger partial charge in [-0.3, -0.25) is 4.79 Å². The standard InChI is InChI=1S/C16H25NO4/c1-4-11-20-14-9-7-8-10-15(14)21-12-13(17-5-2)16(18)19-6-3/h7-10,13,17H,4-6,11-12H2,1-3H3. The van der Waals surface area contributed by atoms with Gasteiger partial charge in [0.25, 0.3) is 0 Å². The van der Waals surface area contributed by atoms with Crippen LogP contribution in [-0.4, -0.2) is 38.4 Å². The Morgan fingerprint density at radius 2 is 1.81 bits per heavy atom. The zero-order valence-corrected chi connectivity index (χ0v) is 13.1. The van der Waals surface area contributed by atoms with Crippen LogP contribution in [0.25, 0.3) is 0 Å². The molecule has 5 heteroatoms. The Hall–Kier alpha value is -1.75. The van der Waals surface area contributed by atoms with Gasteiger partial charge in [-0.15, -0.1) is 0 Å². The summed E-state index contributed by atoms with van der Waals surface area (Å²) in [5, 5.41) is 3.06. The van der Waals surface area contributed by atoms with E-state index < -0.39 is 6.04 Å². The van der Waals surface area contributed by atoms with E-state index in [4.69, 9.17) is 14.2 Å². The molecular formula is C16H25NO4. The van der Waals surface area contributed by atoms with Crippen molar-refractivity contribution in [3.05, 3.63) is 24.3 Å². The van der Waals surface area contributed by atoms with Gasteiger partial charge in [-0.05, 0) is 32.0 Å². The van der Waals surface area contributed by atoms with Gasteiger partial charge in [0.05, 0.1) is 13.2 Å². The van der Waals surface area contributed by atoms with Gasteiger partial charge in [-0.1, -0.05) is 26.0 Å². The Kier molecular flexibility index (Phi) is 8.28. The molecule has 1 aromatic carbocycles. The summed E-state index contributed by atoms with van der Waals surface area (Å²) in [4.78, 5) is 11.8. The van der Waals surface area contributed by atoms with E-state index in [1.807, 2.05) is 38.1 Å². The quantitative estimate of drug-likeness (QED) is 0.672. The van der Waals surface area contributed by atoms with Crippen molar-refractivity contribution in [1.29, 1.82) is 0 Å². The minimum Gasteiger partial charge on any atom is -0.490 e. The normalized spacial score (nSPS) is 11.8. The first-order valence-electron chi connectivity index (χ1n) is 7.47. The molecule has 0 heterocycles. The van der Waals surface area contributed by atoms with Crippen LogP contribution in [0.4, 0.5) is 0 Å². The minimum atomic E-state index is -0.478. The van der Waals surface area contributed by atoms with Gasteiger partial charge in [0.1, 0.15) is 12.6 Å². The zero-order chi connectivity index (χ0) is 15.5. The highest BCUT2D eigenvalue weighted by atomic mass is 16.5. The predicted octanol–water partition coefficient (Wildman–Crippen LogP) is 2.40. The maximum atomic E-state index is 11.8. The first-order chi connectivity index (χ1) is 10.2. The second kappa shape index (κ2) is 10.0. The Morgan fingerprint density at radius 1 is 1.14 bits per heavy atom. The average molecular weight is 295 g/mol. The van der Waals surface area contributed by atoms with E-state index in [-0.39, 0.29) is 12.6 Å². The Labute approximate surface area is 126 Å². The topological polar surface area (TPSA) is 56.8 Å². The fourth-order valence-electron chi connectivity index (χ4n) is 1.77. The van der Waals surface area contributed by atoms with Crippen LogP contribution in [0, 0.1) is 0 Å². The summed E-state index contributed by atoms with van der Waals surface area (Å²) in [6, 6.07) is 6.98. The number of esters is 1. The van der Waals surface area contributed by atoms with Crippen LogP contribution in [0.15, 0.2) is 24.3 Å². The largest absolute Gasteiger partial charge is 0.490 e. The van der Waals surface area contributed by atoms with Crippen LogP contribution < -0.4 is 14.8 Å². The Morgan fingerprint density at radius 3 is 2.38 bits per heavy atom. The van der Waals surface area contributed by atoms with E-state index in [1.165, 1.54) is 0 Å². The SMILES string of the molecule is CCCOc1ccccc1OCC(NCC)C(=O)OCC. The second-order valence-electron chi connectivity index (χ2n) is 4.47. The minimum absolute atomic E-state index is 0.208. The van der Waals surface area contributed by atoms with Gasteiger partial charge in [0, 0.05) is 0 Å². The molecule has 0 saturated heterocycles. The number of hydrogen-bond donors (Lipinski definition) is 1. The molecule has 0 bridgehead atoms. The van der Waals surface area contributed by atoms with Crippen molar-refractivity contribution in [2.24, 2.45) is 0 Å². The van der Waals surface area contributed by atoms with Crippen LogP contribution in [0.2, 0.25) is 0 Å². The van der Waals surface area contributed by atoms with Crippen molar-refractivity contribution in [3.63, 3.8) is 0 Å². The molecule has 5 nitrogen and oxygen atoms in total. The molecule has 0 spiro atoms. The second-order valence-corrected chi connectivity index (χ2v) is 4.47. The molecule has 0 aromatic heterocycles. The molecule has 1 N–H and O–H groups in total. The molecular weight excluding hydrogens is 270 g/mol. The lowest BCUT2D eigenvalue weighted by Crippen LogP contribution is -2.42. The number of nitrogens with one attached hydrogen (secondary N) is 1. The maximum Gasteiger partial charge on any atom is 0.326 e. The summed E-state index contributed by atoms with van der Waals surface area (Å²) in [5.41, 5.74) is 0. The average Bonchev–Trinajstić information content (AvgIpc) is 2.50. The summed E-state index contributed by atoms with van der Waals surface area (Å²) in [7, 11) is 0. The van der Waals surface area contributed by atoms with E-state index in [0.717, 1.165) is 6.42 Å². The number of likely N-dealkylation sites (N-methyl/N-ethyl adjacent to an activating group) is 1. The smallest absolute Gasteiger partial charge is 0.326 e. The van der Waals surface area contributed by atoms with E-state index >= 15 is 0 Å². The maximum absolute atomic E-state index is 11.8. The van der Waals surface area contributed by atoms with Gasteiger partial charge < -0.3 is 19.5 Å². The van der Waals surface area contributed by atoms with E-state index in [9.17, 15) is 4.79 Å². The van der Waals surface area contributed by atoms with Crippen LogP contribution in [0.1, 0.15) is 27.2 Å². The van der Waals surface area contributed by atoms with Crippen molar-refractivity contribution in [2.45, 2.75) is 33.2 Å². The van der Waals surface area contributed by atoms with Gasteiger partial charge in [-0.2, -0.15) is 0 Å². The van der Waals surface area contributed by atoms with Gasteiger partial charge in [0.2, 0.25) is 0 Å². The molecule has 1 unspecified atom stereocenters. The number of hydrogen-bond acceptors (Lipinski definition) is 5. The van der Waals surface area contributed by atoms with Crippen LogP contribution >= 0.6 is 0 Å². The van der Waals surface area contributed by atoms with Crippen molar-refractivity contribution >= 4 is 5.97 Å². The summed E-state index contributed by atoms with van der Waals surface area (Å²) < 4.78 is 16.4. The molecule has 1 atom stereocenters. The van der Waals surface area contributed by atoms with Crippen molar-refractivity contribution < 1.29 is 19.0 Å². The van der Waals surface area contributed by atoms with Crippen molar-refractivity contribution in [1.82, 2.24) is 5.32 Å².